The maximum absolute atomic E-state index is 9.86. The van der Waals surface area contributed by atoms with Crippen molar-refractivity contribution in [1.82, 2.24) is 0 Å². The molecule has 0 radical (unpaired) electrons. The normalized spacial score (nSPS) is 12.1. The van der Waals surface area contributed by atoms with Gasteiger partial charge in [0.15, 0.2) is 0 Å². The van der Waals surface area contributed by atoms with Crippen molar-refractivity contribution in [2.24, 2.45) is 0 Å². The van der Waals surface area contributed by atoms with Gasteiger partial charge in [0.05, 0.1) is 36.8 Å². The van der Waals surface area contributed by atoms with Gasteiger partial charge in [-0.2, -0.15) is 0 Å². The van der Waals surface area contributed by atoms with Crippen LogP contribution < -0.4 is 10.1 Å². The van der Waals surface area contributed by atoms with E-state index in [1.54, 1.807) is 37.6 Å². The highest BCUT2D eigenvalue weighted by Gasteiger charge is 2.08. The molecule has 0 aliphatic heterocycles. The highest BCUT2D eigenvalue weighted by molar-refractivity contribution is 6.33. The Kier molecular flexibility index (Phi) is 5.92. The number of aliphatic hydroxyl groups is 1. The lowest BCUT2D eigenvalue weighted by Gasteiger charge is -2.14. The first-order valence-electron chi connectivity index (χ1n) is 6.54. The lowest BCUT2D eigenvalue weighted by molar-refractivity contribution is 0.0282. The molecule has 0 saturated carbocycles. The van der Waals surface area contributed by atoms with Gasteiger partial charge in [0, 0.05) is 12.6 Å². The molecule has 1 atom stereocenters. The molecule has 114 valence electrons. The Hall–Kier alpha value is -1.69. The number of nitrogens with one attached hydrogen (secondary N) is 1. The van der Waals surface area contributed by atoms with Crippen LogP contribution in [0.5, 0.6) is 5.75 Å². The number of anilines is 1. The Morgan fingerprint density at radius 2 is 2.24 bits per heavy atom. The summed E-state index contributed by atoms with van der Waals surface area (Å²) in [4.78, 5) is 0. The quantitative estimate of drug-likeness (QED) is 0.785. The molecule has 0 aliphatic carbocycles. The number of halogens is 1. The Labute approximate surface area is 128 Å². The second-order valence-corrected chi connectivity index (χ2v) is 4.88. The van der Waals surface area contributed by atoms with Crippen molar-refractivity contribution in [3.63, 3.8) is 0 Å². The Bertz CT molecular complexity index is 545. The summed E-state index contributed by atoms with van der Waals surface area (Å²) < 4.78 is 15.6. The maximum atomic E-state index is 9.86. The summed E-state index contributed by atoms with van der Waals surface area (Å²) >= 11 is 6.07. The number of hydrogen-bond acceptors (Lipinski definition) is 5. The topological polar surface area (TPSA) is 63.9 Å². The zero-order valence-electron chi connectivity index (χ0n) is 11.7. The molecule has 2 rings (SSSR count). The van der Waals surface area contributed by atoms with Crippen molar-refractivity contribution < 1.29 is 19.0 Å². The molecule has 0 saturated heterocycles. The summed E-state index contributed by atoms with van der Waals surface area (Å²) in [7, 11) is 1.59. The molecule has 0 aliphatic rings. The lowest BCUT2D eigenvalue weighted by atomic mass is 10.3. The minimum Gasteiger partial charge on any atom is -0.497 e. The summed E-state index contributed by atoms with van der Waals surface area (Å²) in [6, 6.07) is 8.90. The van der Waals surface area contributed by atoms with Gasteiger partial charge in [-0.05, 0) is 24.3 Å². The molecule has 1 aromatic heterocycles. The van der Waals surface area contributed by atoms with Gasteiger partial charge in [0.25, 0.3) is 0 Å². The van der Waals surface area contributed by atoms with E-state index in [2.05, 4.69) is 5.32 Å². The summed E-state index contributed by atoms with van der Waals surface area (Å²) in [5.74, 6) is 1.43. The van der Waals surface area contributed by atoms with E-state index in [4.69, 9.17) is 25.5 Å². The van der Waals surface area contributed by atoms with Crippen LogP contribution in [0, 0.1) is 0 Å². The van der Waals surface area contributed by atoms with E-state index >= 15 is 0 Å². The highest BCUT2D eigenvalue weighted by atomic mass is 35.5. The average Bonchev–Trinajstić information content (AvgIpc) is 3.00. The van der Waals surface area contributed by atoms with Gasteiger partial charge < -0.3 is 24.3 Å². The predicted octanol–water partition coefficient (Wildman–Crippen LogP) is 2.93. The molecule has 21 heavy (non-hydrogen) atoms. The molecule has 6 heteroatoms. The number of furan rings is 1. The number of benzene rings is 1. The molecular formula is C15H18ClNO4. The monoisotopic (exact) mass is 311 g/mol. The van der Waals surface area contributed by atoms with E-state index in [0.29, 0.717) is 29.6 Å². The minimum absolute atomic E-state index is 0.204. The molecule has 0 amide bonds. The van der Waals surface area contributed by atoms with Gasteiger partial charge in [-0.15, -0.1) is 0 Å². The van der Waals surface area contributed by atoms with Gasteiger partial charge in [-0.1, -0.05) is 11.6 Å². The van der Waals surface area contributed by atoms with Crippen molar-refractivity contribution in [2.45, 2.75) is 12.7 Å². The smallest absolute Gasteiger partial charge is 0.129 e. The minimum atomic E-state index is -0.651. The van der Waals surface area contributed by atoms with Gasteiger partial charge in [0.1, 0.15) is 18.1 Å². The van der Waals surface area contributed by atoms with Crippen molar-refractivity contribution in [3.05, 3.63) is 47.4 Å². The van der Waals surface area contributed by atoms with E-state index in [9.17, 15) is 5.11 Å². The number of aliphatic hydroxyl groups excluding tert-OH is 1. The van der Waals surface area contributed by atoms with Crippen LogP contribution in [0.15, 0.2) is 41.0 Å². The fourth-order valence-electron chi connectivity index (χ4n) is 1.74. The van der Waals surface area contributed by atoms with Crippen LogP contribution >= 0.6 is 11.6 Å². The summed E-state index contributed by atoms with van der Waals surface area (Å²) in [5, 5.41) is 13.5. The summed E-state index contributed by atoms with van der Waals surface area (Å²) in [6.45, 7) is 0.865. The molecular weight excluding hydrogens is 294 g/mol. The molecule has 2 N–H and O–H groups in total. The van der Waals surface area contributed by atoms with Gasteiger partial charge in [-0.3, -0.25) is 0 Å². The Balaban J connectivity index is 1.74. The Morgan fingerprint density at radius 3 is 2.95 bits per heavy atom. The molecule has 0 bridgehead atoms. The summed E-state index contributed by atoms with van der Waals surface area (Å²) in [6.07, 6.45) is 0.934. The SMILES string of the molecule is COc1ccc(Cl)c(NCC(O)COCc2ccco2)c1. The van der Waals surface area contributed by atoms with Crippen LogP contribution in [0.1, 0.15) is 5.76 Å². The molecule has 2 aromatic rings. The second kappa shape index (κ2) is 7.93. The first kappa shape index (κ1) is 15.7. The van der Waals surface area contributed by atoms with E-state index < -0.39 is 6.10 Å². The van der Waals surface area contributed by atoms with E-state index in [1.165, 1.54) is 0 Å². The molecule has 0 spiro atoms. The van der Waals surface area contributed by atoms with Crippen LogP contribution in [0.25, 0.3) is 0 Å². The average molecular weight is 312 g/mol. The Morgan fingerprint density at radius 1 is 1.38 bits per heavy atom. The molecule has 0 fully saturated rings. The van der Waals surface area contributed by atoms with Crippen LogP contribution in [-0.4, -0.2) is 31.5 Å². The fourth-order valence-corrected chi connectivity index (χ4v) is 1.93. The maximum Gasteiger partial charge on any atom is 0.129 e. The van der Waals surface area contributed by atoms with Crippen molar-refractivity contribution in [1.29, 1.82) is 0 Å². The number of hydrogen-bond donors (Lipinski definition) is 2. The van der Waals surface area contributed by atoms with Crippen LogP contribution in [-0.2, 0) is 11.3 Å². The zero-order chi connectivity index (χ0) is 15.1. The number of methoxy groups -OCH3 is 1. The summed E-state index contributed by atoms with van der Waals surface area (Å²) in [5.41, 5.74) is 0.709. The third-order valence-electron chi connectivity index (χ3n) is 2.84. The molecule has 1 heterocycles. The first-order valence-corrected chi connectivity index (χ1v) is 6.92. The fraction of sp³-hybridized carbons (Fsp3) is 0.333. The second-order valence-electron chi connectivity index (χ2n) is 4.47. The van der Waals surface area contributed by atoms with Crippen molar-refractivity contribution >= 4 is 17.3 Å². The standard InChI is InChI=1S/C15H18ClNO4/c1-19-12-4-5-14(16)15(7-12)17-8-11(18)9-20-10-13-3-2-6-21-13/h2-7,11,17-18H,8-10H2,1H3. The predicted molar refractivity (Wildman–Crippen MR) is 80.9 cm³/mol. The van der Waals surface area contributed by atoms with Gasteiger partial charge in [-0.25, -0.2) is 0 Å². The lowest BCUT2D eigenvalue weighted by Crippen LogP contribution is -2.24. The largest absolute Gasteiger partial charge is 0.497 e. The highest BCUT2D eigenvalue weighted by Crippen LogP contribution is 2.26. The third kappa shape index (κ3) is 4.97. The van der Waals surface area contributed by atoms with E-state index in [0.717, 1.165) is 5.76 Å². The van der Waals surface area contributed by atoms with Gasteiger partial charge >= 0.3 is 0 Å². The number of rotatable bonds is 8. The van der Waals surface area contributed by atoms with Crippen molar-refractivity contribution in [3.8, 4) is 5.75 Å². The zero-order valence-corrected chi connectivity index (χ0v) is 12.5. The van der Waals surface area contributed by atoms with Crippen LogP contribution in [0.3, 0.4) is 0 Å². The van der Waals surface area contributed by atoms with Crippen LogP contribution in [0.4, 0.5) is 5.69 Å². The van der Waals surface area contributed by atoms with Gasteiger partial charge in [0.2, 0.25) is 0 Å². The number of ether oxygens (including phenoxy) is 2. The molecule has 5 nitrogen and oxygen atoms in total. The van der Waals surface area contributed by atoms with E-state index in [1.807, 2.05) is 6.07 Å². The molecule has 1 aromatic carbocycles. The van der Waals surface area contributed by atoms with Crippen LogP contribution in [0.2, 0.25) is 5.02 Å². The molecule has 1 unspecified atom stereocenters. The third-order valence-corrected chi connectivity index (χ3v) is 3.17. The van der Waals surface area contributed by atoms with Crippen molar-refractivity contribution in [2.75, 3.05) is 25.6 Å². The first-order chi connectivity index (χ1) is 10.2. The van der Waals surface area contributed by atoms with E-state index in [-0.39, 0.29) is 6.61 Å².